The average molecular weight is 245 g/mol. The van der Waals surface area contributed by atoms with Crippen LogP contribution in [0.25, 0.3) is 10.9 Å². The molecule has 0 aliphatic carbocycles. The third-order valence-corrected chi connectivity index (χ3v) is 3.01. The summed E-state index contributed by atoms with van der Waals surface area (Å²) < 4.78 is 0. The maximum absolute atomic E-state index is 10.9. The predicted molar refractivity (Wildman–Crippen MR) is 73.0 cm³/mol. The molecule has 4 heteroatoms. The molecule has 0 fully saturated rings. The molecule has 1 aromatic heterocycles. The van der Waals surface area contributed by atoms with E-state index in [4.69, 9.17) is 5.73 Å². The normalized spacial score (nSPS) is 11.9. The number of hydrogen-bond donors (Lipinski definition) is 3. The van der Waals surface area contributed by atoms with Crippen LogP contribution in [0.1, 0.15) is 25.8 Å². The van der Waals surface area contributed by atoms with Gasteiger partial charge in [0.1, 0.15) is 0 Å². The standard InChI is InChI=1S/C14H19N3O/c1-14(2,8-13(15)18)17-9-10-3-4-11-5-6-16-12(11)7-10/h3-7,16-17H,8-9H2,1-2H3,(H2,15,18). The summed E-state index contributed by atoms with van der Waals surface area (Å²) in [6, 6.07) is 8.33. The quantitative estimate of drug-likeness (QED) is 0.753. The molecule has 4 nitrogen and oxygen atoms in total. The lowest BCUT2D eigenvalue weighted by atomic mass is 10.00. The van der Waals surface area contributed by atoms with E-state index < -0.39 is 0 Å². The highest BCUT2D eigenvalue weighted by Gasteiger charge is 2.19. The van der Waals surface area contributed by atoms with Gasteiger partial charge in [0.2, 0.25) is 5.91 Å². The topological polar surface area (TPSA) is 70.9 Å². The number of nitrogens with two attached hydrogens (primary N) is 1. The molecule has 0 aliphatic heterocycles. The second-order valence-corrected chi connectivity index (χ2v) is 5.28. The number of amides is 1. The molecule has 0 aliphatic rings. The third-order valence-electron chi connectivity index (χ3n) is 3.01. The number of aromatic amines is 1. The van der Waals surface area contributed by atoms with Crippen molar-refractivity contribution in [2.24, 2.45) is 5.73 Å². The van der Waals surface area contributed by atoms with Crippen molar-refractivity contribution in [1.29, 1.82) is 0 Å². The number of rotatable bonds is 5. The molecule has 4 N–H and O–H groups in total. The van der Waals surface area contributed by atoms with Crippen LogP contribution < -0.4 is 11.1 Å². The molecule has 0 unspecified atom stereocenters. The fourth-order valence-corrected chi connectivity index (χ4v) is 2.04. The summed E-state index contributed by atoms with van der Waals surface area (Å²) in [5.41, 5.74) is 7.25. The molecule has 1 amide bonds. The zero-order valence-corrected chi connectivity index (χ0v) is 10.8. The van der Waals surface area contributed by atoms with E-state index in [9.17, 15) is 4.79 Å². The first kappa shape index (κ1) is 12.6. The highest BCUT2D eigenvalue weighted by Crippen LogP contribution is 2.15. The van der Waals surface area contributed by atoms with E-state index in [1.807, 2.05) is 26.1 Å². The number of fused-ring (bicyclic) bond motifs is 1. The molecular weight excluding hydrogens is 226 g/mol. The van der Waals surface area contributed by atoms with E-state index in [-0.39, 0.29) is 11.4 Å². The molecule has 1 heterocycles. The van der Waals surface area contributed by atoms with Gasteiger partial charge in [-0.05, 0) is 36.9 Å². The van der Waals surface area contributed by atoms with Crippen molar-refractivity contribution >= 4 is 16.8 Å². The van der Waals surface area contributed by atoms with Gasteiger partial charge in [-0.3, -0.25) is 4.79 Å². The number of carbonyl (C=O) groups is 1. The van der Waals surface area contributed by atoms with Crippen LogP contribution in [0.5, 0.6) is 0 Å². The molecule has 0 atom stereocenters. The van der Waals surface area contributed by atoms with Crippen molar-refractivity contribution < 1.29 is 4.79 Å². The van der Waals surface area contributed by atoms with E-state index in [0.29, 0.717) is 6.42 Å². The molecular formula is C14H19N3O. The van der Waals surface area contributed by atoms with Gasteiger partial charge in [-0.2, -0.15) is 0 Å². The molecule has 0 saturated carbocycles. The Balaban J connectivity index is 2.03. The third kappa shape index (κ3) is 3.11. The Labute approximate surface area is 107 Å². The lowest BCUT2D eigenvalue weighted by Crippen LogP contribution is -2.42. The maximum atomic E-state index is 10.9. The van der Waals surface area contributed by atoms with Crippen LogP contribution in [0.3, 0.4) is 0 Å². The van der Waals surface area contributed by atoms with Gasteiger partial charge in [0.05, 0.1) is 0 Å². The van der Waals surface area contributed by atoms with Crippen LogP contribution in [0, 0.1) is 0 Å². The van der Waals surface area contributed by atoms with Crippen LogP contribution in [0.4, 0.5) is 0 Å². The minimum Gasteiger partial charge on any atom is -0.370 e. The molecule has 0 bridgehead atoms. The van der Waals surface area contributed by atoms with Crippen molar-refractivity contribution in [1.82, 2.24) is 10.3 Å². The average Bonchev–Trinajstić information content (AvgIpc) is 2.71. The van der Waals surface area contributed by atoms with Gasteiger partial charge in [0, 0.05) is 30.2 Å². The number of carbonyl (C=O) groups excluding carboxylic acids is 1. The molecule has 0 spiro atoms. The number of primary amides is 1. The van der Waals surface area contributed by atoms with Gasteiger partial charge < -0.3 is 16.0 Å². The molecule has 2 aromatic rings. The van der Waals surface area contributed by atoms with Gasteiger partial charge in [0.15, 0.2) is 0 Å². The Hall–Kier alpha value is -1.81. The molecule has 0 radical (unpaired) electrons. The van der Waals surface area contributed by atoms with Crippen LogP contribution >= 0.6 is 0 Å². The van der Waals surface area contributed by atoms with E-state index in [2.05, 4.69) is 28.5 Å². The monoisotopic (exact) mass is 245 g/mol. The smallest absolute Gasteiger partial charge is 0.219 e. The fourth-order valence-electron chi connectivity index (χ4n) is 2.04. The summed E-state index contributed by atoms with van der Waals surface area (Å²) in [5.74, 6) is -0.285. The van der Waals surface area contributed by atoms with Gasteiger partial charge in [-0.15, -0.1) is 0 Å². The summed E-state index contributed by atoms with van der Waals surface area (Å²) in [7, 11) is 0. The minimum absolute atomic E-state index is 0.281. The lowest BCUT2D eigenvalue weighted by molar-refractivity contribution is -0.119. The zero-order chi connectivity index (χ0) is 13.2. The largest absolute Gasteiger partial charge is 0.370 e. The second kappa shape index (κ2) is 4.82. The van der Waals surface area contributed by atoms with Crippen molar-refractivity contribution in [2.45, 2.75) is 32.4 Å². The Morgan fingerprint density at radius 2 is 2.17 bits per heavy atom. The molecule has 96 valence electrons. The van der Waals surface area contributed by atoms with E-state index in [0.717, 1.165) is 12.1 Å². The lowest BCUT2D eigenvalue weighted by Gasteiger charge is -2.24. The van der Waals surface area contributed by atoms with Gasteiger partial charge in [-0.25, -0.2) is 0 Å². The summed E-state index contributed by atoms with van der Waals surface area (Å²) in [6.45, 7) is 4.67. The van der Waals surface area contributed by atoms with Crippen molar-refractivity contribution in [3.8, 4) is 0 Å². The van der Waals surface area contributed by atoms with Gasteiger partial charge in [-0.1, -0.05) is 12.1 Å². The predicted octanol–water partition coefficient (Wildman–Crippen LogP) is 1.91. The van der Waals surface area contributed by atoms with Crippen LogP contribution in [0.2, 0.25) is 0 Å². The molecule has 1 aromatic carbocycles. The second-order valence-electron chi connectivity index (χ2n) is 5.28. The number of hydrogen-bond acceptors (Lipinski definition) is 2. The highest BCUT2D eigenvalue weighted by atomic mass is 16.1. The Bertz CT molecular complexity index is 557. The maximum Gasteiger partial charge on any atom is 0.219 e. The molecule has 2 rings (SSSR count). The highest BCUT2D eigenvalue weighted by molar-refractivity contribution is 5.79. The van der Waals surface area contributed by atoms with Crippen molar-refractivity contribution in [2.75, 3.05) is 0 Å². The van der Waals surface area contributed by atoms with Crippen molar-refractivity contribution in [3.63, 3.8) is 0 Å². The van der Waals surface area contributed by atoms with Crippen LogP contribution in [-0.4, -0.2) is 16.4 Å². The summed E-state index contributed by atoms with van der Waals surface area (Å²) >= 11 is 0. The SMILES string of the molecule is CC(C)(CC(N)=O)NCc1ccc2cc[nH]c2c1. The van der Waals surface area contributed by atoms with Crippen LogP contribution in [-0.2, 0) is 11.3 Å². The Kier molecular flexibility index (Phi) is 3.39. The minimum atomic E-state index is -0.285. The van der Waals surface area contributed by atoms with Crippen LogP contribution in [0.15, 0.2) is 30.5 Å². The van der Waals surface area contributed by atoms with Gasteiger partial charge in [0.25, 0.3) is 0 Å². The van der Waals surface area contributed by atoms with E-state index in [1.54, 1.807) is 0 Å². The number of nitrogens with one attached hydrogen (secondary N) is 2. The van der Waals surface area contributed by atoms with E-state index >= 15 is 0 Å². The first-order chi connectivity index (χ1) is 8.46. The fraction of sp³-hybridized carbons (Fsp3) is 0.357. The van der Waals surface area contributed by atoms with Gasteiger partial charge >= 0.3 is 0 Å². The zero-order valence-electron chi connectivity index (χ0n) is 10.8. The molecule has 0 saturated heterocycles. The molecule has 18 heavy (non-hydrogen) atoms. The van der Waals surface area contributed by atoms with E-state index in [1.165, 1.54) is 10.9 Å². The Morgan fingerprint density at radius 3 is 2.89 bits per heavy atom. The summed E-state index contributed by atoms with van der Waals surface area (Å²) in [5, 5.41) is 4.55. The first-order valence-corrected chi connectivity index (χ1v) is 6.06. The Morgan fingerprint density at radius 1 is 1.39 bits per heavy atom. The number of benzene rings is 1. The number of aromatic nitrogens is 1. The van der Waals surface area contributed by atoms with Crippen molar-refractivity contribution in [3.05, 3.63) is 36.0 Å². The summed E-state index contributed by atoms with van der Waals surface area (Å²) in [6.07, 6.45) is 2.26. The first-order valence-electron chi connectivity index (χ1n) is 6.06. The summed E-state index contributed by atoms with van der Waals surface area (Å²) in [4.78, 5) is 14.1. The number of H-pyrrole nitrogens is 1.